The fourth-order valence-corrected chi connectivity index (χ4v) is 4.06. The Hall–Kier alpha value is -3.02. The largest absolute Gasteiger partial charge is 0.508 e. The minimum atomic E-state index is -4.47. The van der Waals surface area contributed by atoms with E-state index in [-0.39, 0.29) is 23.7 Å². The highest BCUT2D eigenvalue weighted by Crippen LogP contribution is 2.33. The lowest BCUT2D eigenvalue weighted by Crippen LogP contribution is -2.40. The molecule has 2 heterocycles. The average Bonchev–Trinajstić information content (AvgIpc) is 3.20. The number of anilines is 1. The van der Waals surface area contributed by atoms with Crippen molar-refractivity contribution in [2.24, 2.45) is 0 Å². The molecule has 1 saturated heterocycles. The van der Waals surface area contributed by atoms with Crippen LogP contribution >= 0.6 is 11.6 Å². The number of morpholine rings is 1. The minimum Gasteiger partial charge on any atom is -0.508 e. The van der Waals surface area contributed by atoms with Crippen molar-refractivity contribution in [3.05, 3.63) is 63.1 Å². The number of halogens is 4. The molecule has 0 aliphatic carbocycles. The molecule has 4 rings (SSSR count). The first-order valence-electron chi connectivity index (χ1n) is 10.9. The number of alkyl halides is 3. The summed E-state index contributed by atoms with van der Waals surface area (Å²) in [5, 5.41) is 15.0. The highest BCUT2D eigenvalue weighted by molar-refractivity contribution is 6.33. The third-order valence-electron chi connectivity index (χ3n) is 5.80. The number of ether oxygens (including phenoxy) is 1. The second-order valence-electron chi connectivity index (χ2n) is 8.21. The lowest BCUT2D eigenvalue weighted by molar-refractivity contribution is -0.137. The molecule has 3 aromatic rings. The maximum atomic E-state index is 12.8. The highest BCUT2D eigenvalue weighted by atomic mass is 35.5. The van der Waals surface area contributed by atoms with Crippen LogP contribution in [0, 0.1) is 0 Å². The molecular weight excluding hydrogens is 489 g/mol. The third kappa shape index (κ3) is 5.98. The molecule has 1 aliphatic rings. The molecule has 188 valence electrons. The second kappa shape index (κ2) is 10.3. The van der Waals surface area contributed by atoms with Crippen LogP contribution in [0.15, 0.2) is 45.6 Å². The molecule has 2 aromatic carbocycles. The molecule has 0 atom stereocenters. The van der Waals surface area contributed by atoms with Gasteiger partial charge in [-0.2, -0.15) is 17.9 Å². The fourth-order valence-electron chi connectivity index (χ4n) is 3.73. The minimum absolute atomic E-state index is 0.0754. The number of hydrogen-bond donors (Lipinski definition) is 1. The Bertz CT molecular complexity index is 1220. The van der Waals surface area contributed by atoms with Crippen LogP contribution in [0.5, 0.6) is 5.75 Å². The van der Waals surface area contributed by atoms with E-state index in [2.05, 4.69) is 10.00 Å². The van der Waals surface area contributed by atoms with E-state index in [4.69, 9.17) is 20.8 Å². The summed E-state index contributed by atoms with van der Waals surface area (Å²) in [6, 6.07) is 7.19. The first-order valence-corrected chi connectivity index (χ1v) is 11.3. The number of aromatic hydroxyl groups is 1. The molecule has 0 amide bonds. The Kier molecular flexibility index (Phi) is 7.39. The number of rotatable bonds is 7. The number of phenolic OH excluding ortho intramolecular Hbond substituents is 1. The highest BCUT2D eigenvalue weighted by Gasteiger charge is 2.30. The van der Waals surface area contributed by atoms with E-state index in [1.807, 2.05) is 11.9 Å². The topological polar surface area (TPSA) is 84.0 Å². The van der Waals surface area contributed by atoms with Crippen molar-refractivity contribution in [3.8, 4) is 17.2 Å². The van der Waals surface area contributed by atoms with E-state index in [1.165, 1.54) is 18.2 Å². The summed E-state index contributed by atoms with van der Waals surface area (Å²) in [5.41, 5.74) is 0.375. The Labute approximate surface area is 204 Å². The average molecular weight is 513 g/mol. The van der Waals surface area contributed by atoms with Crippen molar-refractivity contribution in [2.45, 2.75) is 12.7 Å². The molecule has 0 radical (unpaired) electrons. The van der Waals surface area contributed by atoms with Gasteiger partial charge in [0.2, 0.25) is 5.89 Å². The molecule has 0 saturated carbocycles. The number of likely N-dealkylation sites (N-methyl/N-ethyl adjacent to an activating group) is 1. The van der Waals surface area contributed by atoms with Gasteiger partial charge in [-0.3, -0.25) is 4.90 Å². The molecule has 1 fully saturated rings. The quantitative estimate of drug-likeness (QED) is 0.517. The van der Waals surface area contributed by atoms with Crippen LogP contribution in [-0.2, 0) is 17.5 Å². The summed E-state index contributed by atoms with van der Waals surface area (Å²) in [6.45, 7) is 4.53. The molecule has 0 spiro atoms. The van der Waals surface area contributed by atoms with E-state index in [1.54, 1.807) is 6.07 Å². The second-order valence-corrected chi connectivity index (χ2v) is 8.62. The van der Waals surface area contributed by atoms with Crippen LogP contribution in [0.1, 0.15) is 11.1 Å². The molecule has 35 heavy (non-hydrogen) atoms. The lowest BCUT2D eigenvalue weighted by Gasteiger charge is -2.29. The maximum Gasteiger partial charge on any atom is 0.437 e. The Morgan fingerprint density at radius 3 is 2.51 bits per heavy atom. The third-order valence-corrected chi connectivity index (χ3v) is 6.10. The predicted molar refractivity (Wildman–Crippen MR) is 124 cm³/mol. The van der Waals surface area contributed by atoms with Gasteiger partial charge in [0.1, 0.15) is 5.75 Å². The van der Waals surface area contributed by atoms with E-state index >= 15 is 0 Å². The Morgan fingerprint density at radius 1 is 1.17 bits per heavy atom. The van der Waals surface area contributed by atoms with Gasteiger partial charge >= 0.3 is 11.9 Å². The molecule has 0 bridgehead atoms. The van der Waals surface area contributed by atoms with Gasteiger partial charge in [-0.15, -0.1) is 5.10 Å². The number of benzene rings is 2. The molecule has 8 nitrogen and oxygen atoms in total. The summed E-state index contributed by atoms with van der Waals surface area (Å²) in [6.07, 6.45) is -4.47. The summed E-state index contributed by atoms with van der Waals surface area (Å²) in [4.78, 5) is 16.5. The van der Waals surface area contributed by atoms with Gasteiger partial charge in [0, 0.05) is 50.4 Å². The molecule has 1 N–H and O–H groups in total. The summed E-state index contributed by atoms with van der Waals surface area (Å²) < 4.78 is 49.7. The van der Waals surface area contributed by atoms with Gasteiger partial charge in [0.05, 0.1) is 36.0 Å². The smallest absolute Gasteiger partial charge is 0.437 e. The van der Waals surface area contributed by atoms with Crippen LogP contribution in [-0.4, -0.2) is 66.2 Å². The zero-order valence-electron chi connectivity index (χ0n) is 18.9. The predicted octanol–water partition coefficient (Wildman–Crippen LogP) is 3.70. The number of aromatic nitrogens is 2. The normalized spacial score (nSPS) is 14.9. The molecular formula is C23H24ClF3N4O4. The van der Waals surface area contributed by atoms with Gasteiger partial charge < -0.3 is 19.2 Å². The molecule has 1 aromatic heterocycles. The van der Waals surface area contributed by atoms with Crippen molar-refractivity contribution in [1.82, 2.24) is 14.7 Å². The first kappa shape index (κ1) is 25.1. The van der Waals surface area contributed by atoms with Crippen LogP contribution in [0.3, 0.4) is 0 Å². The van der Waals surface area contributed by atoms with Crippen LogP contribution in [0.2, 0.25) is 5.02 Å². The van der Waals surface area contributed by atoms with Gasteiger partial charge in [0.25, 0.3) is 0 Å². The Morgan fingerprint density at radius 2 is 1.86 bits per heavy atom. The monoisotopic (exact) mass is 512 g/mol. The summed E-state index contributed by atoms with van der Waals surface area (Å²) in [5.74, 6) is -1.02. The van der Waals surface area contributed by atoms with Crippen molar-refractivity contribution in [1.29, 1.82) is 0 Å². The van der Waals surface area contributed by atoms with Crippen molar-refractivity contribution >= 4 is 17.3 Å². The van der Waals surface area contributed by atoms with Gasteiger partial charge in [-0.05, 0) is 30.3 Å². The van der Waals surface area contributed by atoms with Crippen molar-refractivity contribution < 1.29 is 27.4 Å². The number of phenols is 1. The van der Waals surface area contributed by atoms with Gasteiger partial charge in [-0.1, -0.05) is 11.6 Å². The molecule has 1 aliphatic heterocycles. The van der Waals surface area contributed by atoms with Crippen molar-refractivity contribution in [3.63, 3.8) is 0 Å². The summed E-state index contributed by atoms with van der Waals surface area (Å²) >= 11 is 6.47. The fraction of sp³-hybridized carbons (Fsp3) is 0.391. The Balaban J connectivity index is 1.47. The van der Waals surface area contributed by atoms with E-state index in [0.717, 1.165) is 36.4 Å². The number of nitrogens with zero attached hydrogens (tertiary/aromatic N) is 4. The maximum absolute atomic E-state index is 12.8. The standard InChI is InChI=1S/C23H24ClF3N4O4/c1-29(6-7-30-8-10-34-11-9-30)19-13-20(32)16(12-18(19)24)14-31-22(33)35-21(28-31)15-2-4-17(5-3-15)23(25,26)27/h2-5,12-13,32H,6-11,14H2,1H3. The molecule has 0 unspecified atom stereocenters. The van der Waals surface area contributed by atoms with E-state index < -0.39 is 17.5 Å². The van der Waals surface area contributed by atoms with E-state index in [0.29, 0.717) is 36.0 Å². The van der Waals surface area contributed by atoms with E-state index in [9.17, 15) is 23.1 Å². The van der Waals surface area contributed by atoms with Gasteiger partial charge in [-0.25, -0.2) is 4.79 Å². The van der Waals surface area contributed by atoms with Crippen molar-refractivity contribution in [2.75, 3.05) is 51.3 Å². The van der Waals surface area contributed by atoms with Crippen LogP contribution < -0.4 is 10.7 Å². The summed E-state index contributed by atoms with van der Waals surface area (Å²) in [7, 11) is 1.87. The lowest BCUT2D eigenvalue weighted by atomic mass is 10.1. The number of hydrogen-bond acceptors (Lipinski definition) is 7. The van der Waals surface area contributed by atoms with Gasteiger partial charge in [0.15, 0.2) is 0 Å². The zero-order valence-corrected chi connectivity index (χ0v) is 19.6. The van der Waals surface area contributed by atoms with Crippen LogP contribution in [0.4, 0.5) is 18.9 Å². The first-order chi connectivity index (χ1) is 16.6. The SMILES string of the molecule is CN(CCN1CCOCC1)c1cc(O)c(Cn2nc(-c3ccc(C(F)(F)F)cc3)oc2=O)cc1Cl. The zero-order chi connectivity index (χ0) is 25.2. The van der Waals surface area contributed by atoms with Crippen LogP contribution in [0.25, 0.3) is 11.5 Å². The molecule has 12 heteroatoms.